The van der Waals surface area contributed by atoms with Gasteiger partial charge in [0.25, 0.3) is 0 Å². The topological polar surface area (TPSA) is 36.9 Å². The third-order valence-electron chi connectivity index (χ3n) is 5.24. The van der Waals surface area contributed by atoms with Gasteiger partial charge in [-0.15, -0.1) is 0 Å². The van der Waals surface area contributed by atoms with Crippen LogP contribution in [-0.4, -0.2) is 44.4 Å². The van der Waals surface area contributed by atoms with Gasteiger partial charge in [0.15, 0.2) is 5.79 Å². The molecule has 0 unspecified atom stereocenters. The van der Waals surface area contributed by atoms with Crippen molar-refractivity contribution in [3.05, 3.63) is 0 Å². The lowest BCUT2D eigenvalue weighted by molar-refractivity contribution is -0.274. The molecule has 3 aliphatic rings. The van der Waals surface area contributed by atoms with Gasteiger partial charge in [0.05, 0.1) is 12.7 Å². The zero-order chi connectivity index (χ0) is 14.0. The van der Waals surface area contributed by atoms with Crippen molar-refractivity contribution < 1.29 is 18.9 Å². The predicted molar refractivity (Wildman–Crippen MR) is 75.6 cm³/mol. The van der Waals surface area contributed by atoms with Gasteiger partial charge in [-0.1, -0.05) is 26.2 Å². The van der Waals surface area contributed by atoms with Gasteiger partial charge in [-0.3, -0.25) is 0 Å². The van der Waals surface area contributed by atoms with Crippen molar-refractivity contribution in [2.75, 3.05) is 20.3 Å². The number of hydrogen-bond acceptors (Lipinski definition) is 4. The molecule has 3 rings (SSSR count). The molecule has 4 nitrogen and oxygen atoms in total. The Labute approximate surface area is 122 Å². The van der Waals surface area contributed by atoms with Crippen LogP contribution in [-0.2, 0) is 18.9 Å². The van der Waals surface area contributed by atoms with Gasteiger partial charge in [-0.2, -0.15) is 0 Å². The normalized spacial score (nSPS) is 42.0. The second-order valence-electron chi connectivity index (χ2n) is 6.47. The summed E-state index contributed by atoms with van der Waals surface area (Å²) in [4.78, 5) is 0. The van der Waals surface area contributed by atoms with Gasteiger partial charge >= 0.3 is 0 Å². The molecule has 20 heavy (non-hydrogen) atoms. The van der Waals surface area contributed by atoms with Crippen molar-refractivity contribution in [2.45, 2.75) is 76.0 Å². The monoisotopic (exact) mass is 284 g/mol. The Hall–Kier alpha value is -0.160. The molecule has 0 aromatic rings. The summed E-state index contributed by atoms with van der Waals surface area (Å²) in [5.74, 6) is 0.217. The molecular formula is C16H28O4. The summed E-state index contributed by atoms with van der Waals surface area (Å²) in [6.07, 6.45) is 8.69. The van der Waals surface area contributed by atoms with Crippen LogP contribution in [0.1, 0.15) is 51.9 Å². The summed E-state index contributed by atoms with van der Waals surface area (Å²) < 4.78 is 23.8. The van der Waals surface area contributed by atoms with Crippen LogP contribution >= 0.6 is 0 Å². The Balaban J connectivity index is 1.55. The van der Waals surface area contributed by atoms with Gasteiger partial charge in [0, 0.05) is 26.6 Å². The van der Waals surface area contributed by atoms with E-state index >= 15 is 0 Å². The van der Waals surface area contributed by atoms with Crippen molar-refractivity contribution in [3.63, 3.8) is 0 Å². The molecule has 2 bridgehead atoms. The largest absolute Gasteiger partial charge is 0.376 e. The summed E-state index contributed by atoms with van der Waals surface area (Å²) in [7, 11) is 1.74. The molecule has 4 atom stereocenters. The third-order valence-corrected chi connectivity index (χ3v) is 5.24. The van der Waals surface area contributed by atoms with E-state index in [1.165, 1.54) is 32.1 Å². The van der Waals surface area contributed by atoms with E-state index in [9.17, 15) is 0 Å². The van der Waals surface area contributed by atoms with Gasteiger partial charge < -0.3 is 18.9 Å². The Morgan fingerprint density at radius 1 is 1.20 bits per heavy atom. The molecule has 1 saturated carbocycles. The van der Waals surface area contributed by atoms with Crippen LogP contribution < -0.4 is 0 Å². The quantitative estimate of drug-likeness (QED) is 0.778. The number of fused-ring (bicyclic) bond motifs is 2. The van der Waals surface area contributed by atoms with E-state index < -0.39 is 5.79 Å². The molecule has 0 N–H and O–H groups in total. The van der Waals surface area contributed by atoms with Crippen LogP contribution in [0.2, 0.25) is 0 Å². The van der Waals surface area contributed by atoms with Crippen molar-refractivity contribution in [1.29, 1.82) is 0 Å². The lowest BCUT2D eigenvalue weighted by atomic mass is 9.90. The van der Waals surface area contributed by atoms with E-state index in [1.54, 1.807) is 7.11 Å². The zero-order valence-corrected chi connectivity index (χ0v) is 12.8. The molecule has 3 fully saturated rings. The maximum absolute atomic E-state index is 6.19. The highest BCUT2D eigenvalue weighted by molar-refractivity contribution is 4.96. The Bertz CT molecular complexity index is 316. The number of rotatable bonds is 5. The molecule has 0 aromatic heterocycles. The summed E-state index contributed by atoms with van der Waals surface area (Å²) in [5, 5.41) is 0. The molecule has 1 aliphatic carbocycles. The molecule has 0 aromatic carbocycles. The summed E-state index contributed by atoms with van der Waals surface area (Å²) in [6, 6.07) is 0. The van der Waals surface area contributed by atoms with E-state index in [0.717, 1.165) is 25.4 Å². The maximum Gasteiger partial charge on any atom is 0.195 e. The van der Waals surface area contributed by atoms with Crippen molar-refractivity contribution in [1.82, 2.24) is 0 Å². The van der Waals surface area contributed by atoms with E-state index in [-0.39, 0.29) is 18.3 Å². The summed E-state index contributed by atoms with van der Waals surface area (Å²) >= 11 is 0. The van der Waals surface area contributed by atoms with Crippen LogP contribution in [0.4, 0.5) is 0 Å². The number of ether oxygens (including phenoxy) is 4. The average molecular weight is 284 g/mol. The Morgan fingerprint density at radius 2 is 2.00 bits per heavy atom. The average Bonchev–Trinajstić information content (AvgIpc) is 2.89. The SMILES string of the molecule is CC[C@@]12OC[C@@H](O1)[C@@H](OCC1CCCCC1)C[C@H]2OC. The molecule has 2 heterocycles. The minimum Gasteiger partial charge on any atom is -0.376 e. The van der Waals surface area contributed by atoms with Crippen molar-refractivity contribution in [2.24, 2.45) is 5.92 Å². The fraction of sp³-hybridized carbons (Fsp3) is 1.00. The lowest BCUT2D eigenvalue weighted by Gasteiger charge is -2.41. The van der Waals surface area contributed by atoms with Crippen LogP contribution in [0.3, 0.4) is 0 Å². The first-order valence-electron chi connectivity index (χ1n) is 8.23. The fourth-order valence-corrected chi connectivity index (χ4v) is 3.92. The minimum absolute atomic E-state index is 0.0115. The van der Waals surface area contributed by atoms with Crippen LogP contribution in [0.15, 0.2) is 0 Å². The molecule has 0 radical (unpaired) electrons. The van der Waals surface area contributed by atoms with Gasteiger partial charge in [0.1, 0.15) is 12.2 Å². The van der Waals surface area contributed by atoms with Crippen molar-refractivity contribution in [3.8, 4) is 0 Å². The summed E-state index contributed by atoms with van der Waals surface area (Å²) in [5.41, 5.74) is 0. The smallest absolute Gasteiger partial charge is 0.195 e. The summed E-state index contributed by atoms with van der Waals surface area (Å²) in [6.45, 7) is 3.61. The molecule has 116 valence electrons. The van der Waals surface area contributed by atoms with E-state index in [4.69, 9.17) is 18.9 Å². The maximum atomic E-state index is 6.19. The molecule has 0 amide bonds. The molecule has 4 heteroatoms. The van der Waals surface area contributed by atoms with Crippen LogP contribution in [0.5, 0.6) is 0 Å². The Morgan fingerprint density at radius 3 is 2.70 bits per heavy atom. The first kappa shape index (κ1) is 14.8. The standard InChI is InChI=1S/C16H28O4/c1-3-16-15(17-2)9-13(14(20-16)11-19-16)18-10-12-7-5-4-6-8-12/h12-15H,3-11H2,1-2H3/t13-,14+,15+,16+/m0/s1. The highest BCUT2D eigenvalue weighted by Crippen LogP contribution is 2.41. The van der Waals surface area contributed by atoms with Crippen molar-refractivity contribution >= 4 is 0 Å². The minimum atomic E-state index is -0.524. The second-order valence-corrected chi connectivity index (χ2v) is 6.47. The molecular weight excluding hydrogens is 256 g/mol. The fourth-order valence-electron chi connectivity index (χ4n) is 3.92. The zero-order valence-electron chi connectivity index (χ0n) is 12.8. The van der Waals surface area contributed by atoms with E-state index in [1.807, 2.05) is 0 Å². The third kappa shape index (κ3) is 2.76. The lowest BCUT2D eigenvalue weighted by Crippen LogP contribution is -2.52. The van der Waals surface area contributed by atoms with Crippen LogP contribution in [0.25, 0.3) is 0 Å². The second kappa shape index (κ2) is 6.30. The predicted octanol–water partition coefficient (Wildman–Crippen LogP) is 2.89. The first-order chi connectivity index (χ1) is 9.77. The molecule has 2 saturated heterocycles. The number of methoxy groups -OCH3 is 1. The van der Waals surface area contributed by atoms with Crippen LogP contribution in [0, 0.1) is 5.92 Å². The molecule has 0 spiro atoms. The Kier molecular flexibility index (Phi) is 4.65. The first-order valence-corrected chi connectivity index (χ1v) is 8.23. The van der Waals surface area contributed by atoms with Gasteiger partial charge in [-0.05, 0) is 18.8 Å². The van der Waals surface area contributed by atoms with Gasteiger partial charge in [-0.25, -0.2) is 0 Å². The highest BCUT2D eigenvalue weighted by atomic mass is 16.8. The highest BCUT2D eigenvalue weighted by Gasteiger charge is 2.54. The van der Waals surface area contributed by atoms with E-state index in [0.29, 0.717) is 6.61 Å². The van der Waals surface area contributed by atoms with E-state index in [2.05, 4.69) is 6.92 Å². The number of hydrogen-bond donors (Lipinski definition) is 0. The molecule has 2 aliphatic heterocycles. The van der Waals surface area contributed by atoms with Gasteiger partial charge in [0.2, 0.25) is 0 Å².